The van der Waals surface area contributed by atoms with Gasteiger partial charge in [-0.05, 0) is 18.9 Å². The lowest BCUT2D eigenvalue weighted by Gasteiger charge is -2.23. The van der Waals surface area contributed by atoms with Gasteiger partial charge in [0, 0.05) is 5.54 Å². The van der Waals surface area contributed by atoms with Crippen LogP contribution in [0.4, 0.5) is 0 Å². The van der Waals surface area contributed by atoms with Crippen molar-refractivity contribution >= 4 is 0 Å². The van der Waals surface area contributed by atoms with Gasteiger partial charge < -0.3 is 5.73 Å². The van der Waals surface area contributed by atoms with Crippen molar-refractivity contribution in [2.24, 2.45) is 5.73 Å². The Hall–Kier alpha value is -1.08. The predicted molar refractivity (Wildman–Crippen MR) is 52.8 cm³/mol. The zero-order valence-corrected chi connectivity index (χ0v) is 7.46. The normalized spacial score (nSPS) is 15.2. The number of benzene rings is 1. The summed E-state index contributed by atoms with van der Waals surface area (Å²) in [4.78, 5) is 0. The molecule has 2 N–H and O–H groups in total. The molecule has 0 spiro atoms. The second kappa shape index (κ2) is 3.55. The molecule has 1 heteroatoms. The molecular weight excluding hydrogens is 146 g/mol. The Bertz CT molecular complexity index is 249. The molecule has 0 bridgehead atoms. The number of nitrogens with two attached hydrogens (primary N) is 1. The molecule has 12 heavy (non-hydrogen) atoms. The summed E-state index contributed by atoms with van der Waals surface area (Å²) >= 11 is 0. The molecular formula is C11H15N. The van der Waals surface area contributed by atoms with E-state index >= 15 is 0 Å². The van der Waals surface area contributed by atoms with Crippen molar-refractivity contribution in [2.75, 3.05) is 0 Å². The Morgan fingerprint density at radius 2 is 2.00 bits per heavy atom. The minimum absolute atomic E-state index is 0.275. The number of hydrogen-bond donors (Lipinski definition) is 1. The highest BCUT2D eigenvalue weighted by Crippen LogP contribution is 2.20. The van der Waals surface area contributed by atoms with Crippen molar-refractivity contribution in [2.45, 2.75) is 18.9 Å². The fourth-order valence-electron chi connectivity index (χ4n) is 1.24. The van der Waals surface area contributed by atoms with Crippen LogP contribution in [0.25, 0.3) is 0 Å². The van der Waals surface area contributed by atoms with Gasteiger partial charge in [-0.25, -0.2) is 0 Å². The van der Waals surface area contributed by atoms with E-state index in [0.717, 1.165) is 12.0 Å². The van der Waals surface area contributed by atoms with Crippen LogP contribution in [0.5, 0.6) is 0 Å². The Morgan fingerprint density at radius 3 is 2.50 bits per heavy atom. The largest absolute Gasteiger partial charge is 0.321 e. The van der Waals surface area contributed by atoms with E-state index in [1.165, 1.54) is 0 Å². The highest BCUT2D eigenvalue weighted by atomic mass is 14.7. The standard InChI is InChI=1S/C11H15N/c1-3-9-11(2,12)10-7-5-4-6-8-10/h3-8H,1,9,12H2,2H3. The average molecular weight is 161 g/mol. The second-order valence-corrected chi connectivity index (χ2v) is 3.28. The van der Waals surface area contributed by atoms with E-state index in [-0.39, 0.29) is 5.54 Å². The Morgan fingerprint density at radius 1 is 1.42 bits per heavy atom. The van der Waals surface area contributed by atoms with Gasteiger partial charge in [0.1, 0.15) is 0 Å². The summed E-state index contributed by atoms with van der Waals surface area (Å²) < 4.78 is 0. The van der Waals surface area contributed by atoms with Crippen LogP contribution in [-0.4, -0.2) is 0 Å². The van der Waals surface area contributed by atoms with E-state index < -0.39 is 0 Å². The van der Waals surface area contributed by atoms with E-state index in [0.29, 0.717) is 0 Å². The maximum absolute atomic E-state index is 6.08. The van der Waals surface area contributed by atoms with Crippen LogP contribution in [0, 0.1) is 0 Å². The van der Waals surface area contributed by atoms with Gasteiger partial charge in [0.25, 0.3) is 0 Å². The molecule has 1 atom stereocenters. The molecule has 0 saturated heterocycles. The van der Waals surface area contributed by atoms with E-state index in [2.05, 4.69) is 6.58 Å². The summed E-state index contributed by atoms with van der Waals surface area (Å²) in [6.45, 7) is 5.71. The van der Waals surface area contributed by atoms with Crippen molar-refractivity contribution in [3.63, 3.8) is 0 Å². The van der Waals surface area contributed by atoms with Crippen LogP contribution in [-0.2, 0) is 5.54 Å². The van der Waals surface area contributed by atoms with E-state index in [4.69, 9.17) is 5.73 Å². The third-order valence-corrected chi connectivity index (χ3v) is 2.00. The zero-order chi connectivity index (χ0) is 9.03. The fourth-order valence-corrected chi connectivity index (χ4v) is 1.24. The third kappa shape index (κ3) is 1.95. The van der Waals surface area contributed by atoms with Crippen molar-refractivity contribution < 1.29 is 0 Å². The fraction of sp³-hybridized carbons (Fsp3) is 0.273. The molecule has 0 saturated carbocycles. The molecule has 0 aliphatic carbocycles. The van der Waals surface area contributed by atoms with Crippen LogP contribution in [0.1, 0.15) is 18.9 Å². The smallest absolute Gasteiger partial charge is 0.0415 e. The molecule has 64 valence electrons. The molecule has 0 radical (unpaired) electrons. The molecule has 0 fully saturated rings. The lowest BCUT2D eigenvalue weighted by atomic mass is 9.90. The molecule has 1 aromatic rings. The Kier molecular flexibility index (Phi) is 2.66. The molecule has 0 aliphatic heterocycles. The Balaban J connectivity index is 2.89. The summed E-state index contributed by atoms with van der Waals surface area (Å²) in [6, 6.07) is 10.1. The first-order valence-corrected chi connectivity index (χ1v) is 4.12. The summed E-state index contributed by atoms with van der Waals surface area (Å²) in [5, 5.41) is 0. The molecule has 0 amide bonds. The molecule has 1 nitrogen and oxygen atoms in total. The van der Waals surface area contributed by atoms with E-state index in [1.807, 2.05) is 43.3 Å². The number of hydrogen-bond acceptors (Lipinski definition) is 1. The topological polar surface area (TPSA) is 26.0 Å². The first-order chi connectivity index (χ1) is 5.67. The minimum Gasteiger partial charge on any atom is -0.321 e. The van der Waals surface area contributed by atoms with Crippen molar-refractivity contribution in [1.82, 2.24) is 0 Å². The quantitative estimate of drug-likeness (QED) is 0.677. The SMILES string of the molecule is C=CCC(C)(N)c1ccccc1. The van der Waals surface area contributed by atoms with Gasteiger partial charge in [0.05, 0.1) is 0 Å². The lowest BCUT2D eigenvalue weighted by Crippen LogP contribution is -2.32. The highest BCUT2D eigenvalue weighted by molar-refractivity contribution is 5.23. The van der Waals surface area contributed by atoms with Gasteiger partial charge in [-0.1, -0.05) is 36.4 Å². The third-order valence-electron chi connectivity index (χ3n) is 2.00. The van der Waals surface area contributed by atoms with Gasteiger partial charge in [0.15, 0.2) is 0 Å². The molecule has 1 rings (SSSR count). The van der Waals surface area contributed by atoms with Gasteiger partial charge in [0.2, 0.25) is 0 Å². The first kappa shape index (κ1) is 9.01. The molecule has 0 aliphatic rings. The highest BCUT2D eigenvalue weighted by Gasteiger charge is 2.17. The van der Waals surface area contributed by atoms with Crippen LogP contribution in [0.2, 0.25) is 0 Å². The van der Waals surface area contributed by atoms with Gasteiger partial charge in [-0.3, -0.25) is 0 Å². The maximum Gasteiger partial charge on any atom is 0.0415 e. The monoisotopic (exact) mass is 161 g/mol. The summed E-state index contributed by atoms with van der Waals surface area (Å²) in [5.74, 6) is 0. The minimum atomic E-state index is -0.275. The van der Waals surface area contributed by atoms with E-state index in [9.17, 15) is 0 Å². The molecule has 1 unspecified atom stereocenters. The van der Waals surface area contributed by atoms with Gasteiger partial charge in [-0.15, -0.1) is 6.58 Å². The lowest BCUT2D eigenvalue weighted by molar-refractivity contribution is 0.502. The zero-order valence-electron chi connectivity index (χ0n) is 7.46. The maximum atomic E-state index is 6.08. The van der Waals surface area contributed by atoms with Gasteiger partial charge in [-0.2, -0.15) is 0 Å². The molecule has 1 aromatic carbocycles. The second-order valence-electron chi connectivity index (χ2n) is 3.28. The predicted octanol–water partition coefficient (Wildman–Crippen LogP) is 2.44. The van der Waals surface area contributed by atoms with Crippen molar-refractivity contribution in [3.05, 3.63) is 48.6 Å². The van der Waals surface area contributed by atoms with Gasteiger partial charge >= 0.3 is 0 Å². The average Bonchev–Trinajstić information content (AvgIpc) is 2.06. The molecule has 0 aromatic heterocycles. The number of rotatable bonds is 3. The summed E-state index contributed by atoms with van der Waals surface area (Å²) in [6.07, 6.45) is 2.66. The Labute approximate surface area is 73.9 Å². The van der Waals surface area contributed by atoms with Crippen LogP contribution < -0.4 is 5.73 Å². The van der Waals surface area contributed by atoms with Crippen LogP contribution in [0.15, 0.2) is 43.0 Å². The first-order valence-electron chi connectivity index (χ1n) is 4.12. The van der Waals surface area contributed by atoms with Crippen LogP contribution in [0.3, 0.4) is 0 Å². The summed E-state index contributed by atoms with van der Waals surface area (Å²) in [5.41, 5.74) is 6.96. The van der Waals surface area contributed by atoms with Crippen molar-refractivity contribution in [1.29, 1.82) is 0 Å². The van der Waals surface area contributed by atoms with Crippen molar-refractivity contribution in [3.8, 4) is 0 Å². The van der Waals surface area contributed by atoms with E-state index in [1.54, 1.807) is 0 Å². The summed E-state index contributed by atoms with van der Waals surface area (Å²) in [7, 11) is 0. The van der Waals surface area contributed by atoms with Crippen LogP contribution >= 0.6 is 0 Å². The molecule has 0 heterocycles.